The zero-order valence-electron chi connectivity index (χ0n) is 8.11. The van der Waals surface area contributed by atoms with Crippen LogP contribution in [0.25, 0.3) is 0 Å². The number of nitriles is 1. The molecule has 1 aromatic rings. The van der Waals surface area contributed by atoms with Gasteiger partial charge in [0.15, 0.2) is 5.03 Å². The summed E-state index contributed by atoms with van der Waals surface area (Å²) in [6.45, 7) is 1.31. The summed E-state index contributed by atoms with van der Waals surface area (Å²) in [5.74, 6) is 0. The van der Waals surface area contributed by atoms with Crippen LogP contribution in [0.15, 0.2) is 11.1 Å². The molecule has 1 heterocycles. The van der Waals surface area contributed by atoms with Crippen LogP contribution in [0.1, 0.15) is 23.2 Å². The number of halogens is 2. The Bertz CT molecular complexity index is 563. The summed E-state index contributed by atoms with van der Waals surface area (Å²) in [5, 5.41) is 12.6. The third-order valence-electron chi connectivity index (χ3n) is 1.81. The van der Waals surface area contributed by atoms with Crippen LogP contribution < -0.4 is 5.14 Å². The van der Waals surface area contributed by atoms with Crippen molar-refractivity contribution in [3.63, 3.8) is 0 Å². The number of primary sulfonamides is 1. The van der Waals surface area contributed by atoms with Crippen LogP contribution in [-0.2, 0) is 10.0 Å². The van der Waals surface area contributed by atoms with Gasteiger partial charge in [0, 0.05) is 0 Å². The molecule has 8 heteroatoms. The van der Waals surface area contributed by atoms with E-state index in [9.17, 15) is 17.2 Å². The van der Waals surface area contributed by atoms with E-state index in [1.165, 1.54) is 6.92 Å². The summed E-state index contributed by atoms with van der Waals surface area (Å²) in [5.41, 5.74) is -0.994. The number of aromatic nitrogens is 1. The van der Waals surface area contributed by atoms with E-state index in [4.69, 9.17) is 10.4 Å². The second kappa shape index (κ2) is 4.11. The second-order valence-electron chi connectivity index (χ2n) is 3.00. The lowest BCUT2D eigenvalue weighted by atomic mass is 10.1. The summed E-state index contributed by atoms with van der Waals surface area (Å²) in [7, 11) is -4.29. The fourth-order valence-electron chi connectivity index (χ4n) is 1.13. The average molecular weight is 247 g/mol. The van der Waals surface area contributed by atoms with Crippen molar-refractivity contribution >= 4 is 10.0 Å². The van der Waals surface area contributed by atoms with Gasteiger partial charge in [0.2, 0.25) is 0 Å². The summed E-state index contributed by atoms with van der Waals surface area (Å²) < 4.78 is 46.9. The van der Waals surface area contributed by atoms with Gasteiger partial charge in [-0.05, 0) is 18.6 Å². The van der Waals surface area contributed by atoms with E-state index in [0.29, 0.717) is 0 Å². The number of nitrogens with zero attached hydrogens (tertiary/aromatic N) is 2. The van der Waals surface area contributed by atoms with Crippen molar-refractivity contribution < 1.29 is 17.2 Å². The van der Waals surface area contributed by atoms with Crippen LogP contribution in [0.3, 0.4) is 0 Å². The first-order valence-electron chi connectivity index (χ1n) is 4.00. The van der Waals surface area contributed by atoms with Gasteiger partial charge in [-0.3, -0.25) is 0 Å². The number of hydrogen-bond acceptors (Lipinski definition) is 4. The Hall–Kier alpha value is -1.59. The van der Waals surface area contributed by atoms with Crippen LogP contribution in [0.5, 0.6) is 0 Å². The van der Waals surface area contributed by atoms with Gasteiger partial charge in [0.1, 0.15) is 11.8 Å². The third-order valence-corrected chi connectivity index (χ3v) is 2.66. The molecule has 0 saturated carbocycles. The van der Waals surface area contributed by atoms with Crippen LogP contribution >= 0.6 is 0 Å². The van der Waals surface area contributed by atoms with Crippen LogP contribution in [0.2, 0.25) is 0 Å². The zero-order chi connectivity index (χ0) is 12.5. The predicted octanol–water partition coefficient (Wildman–Crippen LogP) is 0.847. The fourth-order valence-corrected chi connectivity index (χ4v) is 1.76. The van der Waals surface area contributed by atoms with Gasteiger partial charge < -0.3 is 0 Å². The lowest BCUT2D eigenvalue weighted by Gasteiger charge is -2.07. The van der Waals surface area contributed by atoms with Gasteiger partial charge in [-0.25, -0.2) is 27.3 Å². The van der Waals surface area contributed by atoms with Crippen LogP contribution in [0, 0.1) is 18.3 Å². The molecule has 1 aromatic heterocycles. The maximum Gasteiger partial charge on any atom is 0.280 e. The number of nitrogens with two attached hydrogens (primary N) is 1. The van der Waals surface area contributed by atoms with Gasteiger partial charge in [-0.15, -0.1) is 0 Å². The molecular formula is C8H7F2N3O2S. The number of hydrogen-bond donors (Lipinski definition) is 1. The molecule has 0 aliphatic heterocycles. The summed E-state index contributed by atoms with van der Waals surface area (Å²) in [6, 6.07) is 2.56. The van der Waals surface area contributed by atoms with Gasteiger partial charge in [-0.1, -0.05) is 0 Å². The molecule has 0 amide bonds. The van der Waals surface area contributed by atoms with Gasteiger partial charge in [0.25, 0.3) is 16.4 Å². The Morgan fingerprint density at radius 2 is 2.12 bits per heavy atom. The highest BCUT2D eigenvalue weighted by molar-refractivity contribution is 7.89. The first-order valence-corrected chi connectivity index (χ1v) is 5.54. The van der Waals surface area contributed by atoms with E-state index in [0.717, 1.165) is 6.07 Å². The quantitative estimate of drug-likeness (QED) is 0.837. The Balaban J connectivity index is 3.62. The molecule has 0 unspecified atom stereocenters. The number of sulfonamides is 1. The van der Waals surface area contributed by atoms with Crippen molar-refractivity contribution in [2.75, 3.05) is 0 Å². The molecule has 5 nitrogen and oxygen atoms in total. The summed E-state index contributed by atoms with van der Waals surface area (Å²) >= 11 is 0. The third kappa shape index (κ3) is 2.32. The zero-order valence-corrected chi connectivity index (χ0v) is 8.92. The molecule has 0 fully saturated rings. The van der Waals surface area contributed by atoms with Crippen molar-refractivity contribution in [2.45, 2.75) is 18.4 Å². The Kier molecular flexibility index (Phi) is 3.21. The highest BCUT2D eigenvalue weighted by Gasteiger charge is 2.22. The minimum absolute atomic E-state index is 0.0407. The molecule has 16 heavy (non-hydrogen) atoms. The lowest BCUT2D eigenvalue weighted by Crippen LogP contribution is -2.17. The maximum absolute atomic E-state index is 12.5. The normalized spacial score (nSPS) is 11.5. The molecule has 0 spiro atoms. The predicted molar refractivity (Wildman–Crippen MR) is 50.0 cm³/mol. The molecule has 0 bridgehead atoms. The summed E-state index contributed by atoms with van der Waals surface area (Å²) in [4.78, 5) is 3.23. The summed E-state index contributed by atoms with van der Waals surface area (Å²) in [6.07, 6.45) is -2.92. The molecule has 0 aliphatic rings. The van der Waals surface area contributed by atoms with Gasteiger partial charge in [-0.2, -0.15) is 5.26 Å². The molecular weight excluding hydrogens is 240 g/mol. The highest BCUT2D eigenvalue weighted by atomic mass is 32.2. The molecule has 86 valence electrons. The largest absolute Gasteiger partial charge is 0.280 e. The molecule has 0 aromatic carbocycles. The number of aryl methyl sites for hydroxylation is 1. The van der Waals surface area contributed by atoms with Crippen LogP contribution in [0.4, 0.5) is 8.78 Å². The second-order valence-corrected chi connectivity index (χ2v) is 4.48. The first-order chi connectivity index (χ1) is 7.27. The van der Waals surface area contributed by atoms with Crippen molar-refractivity contribution in [2.24, 2.45) is 5.14 Å². The van der Waals surface area contributed by atoms with Crippen molar-refractivity contribution in [1.82, 2.24) is 4.98 Å². The van der Waals surface area contributed by atoms with Crippen molar-refractivity contribution in [3.8, 4) is 6.07 Å². The van der Waals surface area contributed by atoms with Crippen LogP contribution in [-0.4, -0.2) is 13.4 Å². The van der Waals surface area contributed by atoms with Gasteiger partial charge >= 0.3 is 0 Å². The molecule has 0 aliphatic carbocycles. The fraction of sp³-hybridized carbons (Fsp3) is 0.250. The first kappa shape index (κ1) is 12.5. The smallest absolute Gasteiger partial charge is 0.232 e. The van der Waals surface area contributed by atoms with E-state index in [2.05, 4.69) is 4.98 Å². The molecule has 0 atom stereocenters. The standard InChI is InChI=1S/C8H7F2N3O2S/c1-4-2-5(3-11)8(16(12,14)15)13-6(4)7(9)10/h2,7H,1H3,(H2,12,14,15). The van der Waals surface area contributed by atoms with E-state index < -0.39 is 27.2 Å². The number of alkyl halides is 2. The number of pyridine rings is 1. The molecule has 0 radical (unpaired) electrons. The van der Waals surface area contributed by atoms with E-state index in [1.807, 2.05) is 0 Å². The average Bonchev–Trinajstić information content (AvgIpc) is 2.14. The van der Waals surface area contributed by atoms with E-state index in [1.54, 1.807) is 6.07 Å². The molecule has 0 saturated heterocycles. The monoisotopic (exact) mass is 247 g/mol. The van der Waals surface area contributed by atoms with E-state index in [-0.39, 0.29) is 11.1 Å². The SMILES string of the molecule is Cc1cc(C#N)c(S(N)(=O)=O)nc1C(F)F. The topological polar surface area (TPSA) is 96.8 Å². The minimum Gasteiger partial charge on any atom is -0.232 e. The Morgan fingerprint density at radius 1 is 1.56 bits per heavy atom. The lowest BCUT2D eigenvalue weighted by molar-refractivity contribution is 0.144. The van der Waals surface area contributed by atoms with Gasteiger partial charge in [0.05, 0.1) is 5.56 Å². The number of rotatable bonds is 2. The maximum atomic E-state index is 12.5. The minimum atomic E-state index is -4.29. The molecule has 1 rings (SSSR count). The highest BCUT2D eigenvalue weighted by Crippen LogP contribution is 2.23. The Labute approximate surface area is 90.6 Å². The van der Waals surface area contributed by atoms with Crippen molar-refractivity contribution in [1.29, 1.82) is 5.26 Å². The molecule has 2 N–H and O–H groups in total. The van der Waals surface area contributed by atoms with Crippen molar-refractivity contribution in [3.05, 3.63) is 22.9 Å². The Morgan fingerprint density at radius 3 is 2.50 bits per heavy atom. The van der Waals surface area contributed by atoms with E-state index >= 15 is 0 Å².